The van der Waals surface area contributed by atoms with E-state index in [-0.39, 0.29) is 6.61 Å². The molecule has 0 bridgehead atoms. The number of aromatic amines is 1. The highest BCUT2D eigenvalue weighted by molar-refractivity contribution is 5.90. The van der Waals surface area contributed by atoms with Crippen molar-refractivity contribution in [1.29, 1.82) is 0 Å². The van der Waals surface area contributed by atoms with Gasteiger partial charge in [0, 0.05) is 22.8 Å². The lowest BCUT2D eigenvalue weighted by molar-refractivity contribution is 0.155. The third kappa shape index (κ3) is 2.80. The van der Waals surface area contributed by atoms with E-state index < -0.39 is 6.09 Å². The summed E-state index contributed by atoms with van der Waals surface area (Å²) in [4.78, 5) is 14.8. The quantitative estimate of drug-likeness (QED) is 0.755. The number of carbonyl (C=O) groups is 1. The average Bonchev–Trinajstić information content (AvgIpc) is 2.94. The van der Waals surface area contributed by atoms with Crippen molar-refractivity contribution in [3.8, 4) is 0 Å². The topological polar surface area (TPSA) is 54.1 Å². The van der Waals surface area contributed by atoms with Crippen LogP contribution < -0.4 is 5.32 Å². The second-order valence-electron chi connectivity index (χ2n) is 4.47. The van der Waals surface area contributed by atoms with Crippen LogP contribution in [0.15, 0.2) is 60.8 Å². The van der Waals surface area contributed by atoms with Crippen LogP contribution in [-0.2, 0) is 11.3 Å². The Bertz CT molecular complexity index is 719. The molecule has 100 valence electrons. The molecule has 20 heavy (non-hydrogen) atoms. The van der Waals surface area contributed by atoms with E-state index in [0.717, 1.165) is 22.2 Å². The first kappa shape index (κ1) is 12.3. The largest absolute Gasteiger partial charge is 0.444 e. The number of aromatic nitrogens is 1. The molecule has 0 saturated carbocycles. The number of nitrogens with one attached hydrogen (secondary N) is 2. The second kappa shape index (κ2) is 5.48. The molecule has 4 nitrogen and oxygen atoms in total. The predicted octanol–water partition coefficient (Wildman–Crippen LogP) is 3.92. The zero-order chi connectivity index (χ0) is 13.8. The van der Waals surface area contributed by atoms with Gasteiger partial charge in [-0.15, -0.1) is 0 Å². The summed E-state index contributed by atoms with van der Waals surface area (Å²) in [5, 5.41) is 3.77. The molecule has 0 spiro atoms. The van der Waals surface area contributed by atoms with Crippen LogP contribution in [0, 0.1) is 0 Å². The Morgan fingerprint density at radius 1 is 1.10 bits per heavy atom. The van der Waals surface area contributed by atoms with Crippen molar-refractivity contribution < 1.29 is 9.53 Å². The number of H-pyrrole nitrogens is 1. The maximum absolute atomic E-state index is 11.7. The van der Waals surface area contributed by atoms with E-state index in [4.69, 9.17) is 4.74 Å². The first-order valence-corrected chi connectivity index (χ1v) is 6.36. The van der Waals surface area contributed by atoms with Crippen molar-refractivity contribution in [2.24, 2.45) is 0 Å². The summed E-state index contributed by atoms with van der Waals surface area (Å²) in [6.45, 7) is 0.263. The molecule has 1 amide bonds. The van der Waals surface area contributed by atoms with Crippen LogP contribution >= 0.6 is 0 Å². The molecule has 0 atom stereocenters. The summed E-state index contributed by atoms with van der Waals surface area (Å²) < 4.78 is 5.17. The van der Waals surface area contributed by atoms with Gasteiger partial charge >= 0.3 is 6.09 Å². The molecule has 0 unspecified atom stereocenters. The Kier molecular flexibility index (Phi) is 3.37. The average molecular weight is 266 g/mol. The van der Waals surface area contributed by atoms with Crippen LogP contribution in [-0.4, -0.2) is 11.1 Å². The summed E-state index contributed by atoms with van der Waals surface area (Å²) in [5.41, 5.74) is 2.71. The highest BCUT2D eigenvalue weighted by atomic mass is 16.5. The SMILES string of the molecule is O=C(Nc1ccc2[nH]ccc2c1)OCc1ccccc1. The molecule has 1 heterocycles. The summed E-state index contributed by atoms with van der Waals surface area (Å²) in [5.74, 6) is 0. The number of anilines is 1. The van der Waals surface area contributed by atoms with Crippen LogP contribution in [0.25, 0.3) is 10.9 Å². The van der Waals surface area contributed by atoms with E-state index in [2.05, 4.69) is 10.3 Å². The lowest BCUT2D eigenvalue weighted by Crippen LogP contribution is -2.13. The summed E-state index contributed by atoms with van der Waals surface area (Å²) >= 11 is 0. The monoisotopic (exact) mass is 266 g/mol. The number of hydrogen-bond donors (Lipinski definition) is 2. The first-order valence-electron chi connectivity index (χ1n) is 6.36. The fraction of sp³-hybridized carbons (Fsp3) is 0.0625. The Morgan fingerprint density at radius 3 is 2.80 bits per heavy atom. The van der Waals surface area contributed by atoms with Crippen molar-refractivity contribution in [3.63, 3.8) is 0 Å². The summed E-state index contributed by atoms with van der Waals surface area (Å²) in [7, 11) is 0. The Labute approximate surface area is 116 Å². The molecule has 2 aromatic carbocycles. The minimum atomic E-state index is -0.455. The van der Waals surface area contributed by atoms with Crippen molar-refractivity contribution in [3.05, 3.63) is 66.4 Å². The normalized spacial score (nSPS) is 10.4. The number of amides is 1. The minimum absolute atomic E-state index is 0.263. The van der Waals surface area contributed by atoms with E-state index in [1.807, 2.05) is 60.8 Å². The van der Waals surface area contributed by atoms with E-state index in [1.165, 1.54) is 0 Å². The third-order valence-corrected chi connectivity index (χ3v) is 3.01. The highest BCUT2D eigenvalue weighted by Gasteiger charge is 2.04. The molecule has 4 heteroatoms. The molecule has 0 fully saturated rings. The molecule has 2 N–H and O–H groups in total. The van der Waals surface area contributed by atoms with Gasteiger partial charge in [-0.25, -0.2) is 4.79 Å². The molecular formula is C16H14N2O2. The zero-order valence-electron chi connectivity index (χ0n) is 10.8. The van der Waals surface area contributed by atoms with Gasteiger partial charge in [-0.2, -0.15) is 0 Å². The molecule has 0 saturated heterocycles. The van der Waals surface area contributed by atoms with Crippen molar-refractivity contribution in [2.75, 3.05) is 5.32 Å². The smallest absolute Gasteiger partial charge is 0.411 e. The number of hydrogen-bond acceptors (Lipinski definition) is 2. The van der Waals surface area contributed by atoms with Crippen molar-refractivity contribution in [2.45, 2.75) is 6.61 Å². The summed E-state index contributed by atoms with van der Waals surface area (Å²) in [6, 6.07) is 17.2. The maximum atomic E-state index is 11.7. The van der Waals surface area contributed by atoms with E-state index in [0.29, 0.717) is 0 Å². The second-order valence-corrected chi connectivity index (χ2v) is 4.47. The summed E-state index contributed by atoms with van der Waals surface area (Å²) in [6.07, 6.45) is 1.41. The van der Waals surface area contributed by atoms with Gasteiger partial charge in [0.2, 0.25) is 0 Å². The molecule has 3 aromatic rings. The number of carbonyl (C=O) groups excluding carboxylic acids is 1. The molecule has 0 aliphatic carbocycles. The van der Waals surface area contributed by atoms with Gasteiger partial charge in [-0.05, 0) is 29.8 Å². The van der Waals surface area contributed by atoms with Gasteiger partial charge in [0.15, 0.2) is 0 Å². The molecule has 0 aliphatic heterocycles. The molecule has 0 aliphatic rings. The standard InChI is InChI=1S/C16H14N2O2/c19-16(20-11-12-4-2-1-3-5-12)18-14-6-7-15-13(10-14)8-9-17-15/h1-10,17H,11H2,(H,18,19). The molecule has 0 radical (unpaired) electrons. The van der Waals surface area contributed by atoms with Gasteiger partial charge in [-0.1, -0.05) is 30.3 Å². The van der Waals surface area contributed by atoms with Crippen LogP contribution in [0.4, 0.5) is 10.5 Å². The first-order chi connectivity index (χ1) is 9.81. The molecule has 3 rings (SSSR count). The van der Waals surface area contributed by atoms with E-state index >= 15 is 0 Å². The predicted molar refractivity (Wildman–Crippen MR) is 78.5 cm³/mol. The molecular weight excluding hydrogens is 252 g/mol. The Morgan fingerprint density at radius 2 is 1.95 bits per heavy atom. The number of ether oxygens (including phenoxy) is 1. The maximum Gasteiger partial charge on any atom is 0.411 e. The van der Waals surface area contributed by atoms with Gasteiger partial charge < -0.3 is 9.72 Å². The minimum Gasteiger partial charge on any atom is -0.444 e. The number of fused-ring (bicyclic) bond motifs is 1. The van der Waals surface area contributed by atoms with Crippen molar-refractivity contribution in [1.82, 2.24) is 4.98 Å². The molecule has 1 aromatic heterocycles. The Balaban J connectivity index is 1.61. The van der Waals surface area contributed by atoms with Gasteiger partial charge in [0.25, 0.3) is 0 Å². The van der Waals surface area contributed by atoms with Gasteiger partial charge in [0.1, 0.15) is 6.61 Å². The van der Waals surface area contributed by atoms with Gasteiger partial charge in [0.05, 0.1) is 0 Å². The van der Waals surface area contributed by atoms with E-state index in [9.17, 15) is 4.79 Å². The lowest BCUT2D eigenvalue weighted by Gasteiger charge is -2.07. The zero-order valence-corrected chi connectivity index (χ0v) is 10.8. The fourth-order valence-corrected chi connectivity index (χ4v) is 2.01. The van der Waals surface area contributed by atoms with E-state index in [1.54, 1.807) is 0 Å². The highest BCUT2D eigenvalue weighted by Crippen LogP contribution is 2.18. The van der Waals surface area contributed by atoms with Crippen LogP contribution in [0.5, 0.6) is 0 Å². The fourth-order valence-electron chi connectivity index (χ4n) is 2.01. The van der Waals surface area contributed by atoms with Crippen molar-refractivity contribution >= 4 is 22.7 Å². The van der Waals surface area contributed by atoms with Crippen LogP contribution in [0.2, 0.25) is 0 Å². The van der Waals surface area contributed by atoms with Crippen LogP contribution in [0.3, 0.4) is 0 Å². The number of rotatable bonds is 3. The number of benzene rings is 2. The van der Waals surface area contributed by atoms with Gasteiger partial charge in [-0.3, -0.25) is 5.32 Å². The Hall–Kier alpha value is -2.75. The van der Waals surface area contributed by atoms with Crippen LogP contribution in [0.1, 0.15) is 5.56 Å². The lowest BCUT2D eigenvalue weighted by atomic mass is 10.2. The third-order valence-electron chi connectivity index (χ3n) is 3.01.